The molecule has 2 rings (SSSR count). The van der Waals surface area contributed by atoms with E-state index in [0.29, 0.717) is 11.3 Å². The molecule has 0 bridgehead atoms. The smallest absolute Gasteiger partial charge is 0.335 e. The maximum atomic E-state index is 10.9. The predicted octanol–water partition coefficient (Wildman–Crippen LogP) is 2.89. The van der Waals surface area contributed by atoms with Crippen LogP contribution in [0.3, 0.4) is 0 Å². The first kappa shape index (κ1) is 13.0. The van der Waals surface area contributed by atoms with Crippen LogP contribution in [0.2, 0.25) is 0 Å². The second-order valence-corrected chi connectivity index (χ2v) is 4.32. The van der Waals surface area contributed by atoms with E-state index < -0.39 is 5.97 Å². The average molecular weight is 258 g/mol. The highest BCUT2D eigenvalue weighted by molar-refractivity contribution is 5.89. The summed E-state index contributed by atoms with van der Waals surface area (Å²) in [6.45, 7) is 5.44. The van der Waals surface area contributed by atoms with Gasteiger partial charge in [-0.1, -0.05) is 0 Å². The zero-order chi connectivity index (χ0) is 14.0. The van der Waals surface area contributed by atoms with Gasteiger partial charge in [0.15, 0.2) is 0 Å². The molecule has 0 aliphatic carbocycles. The Morgan fingerprint density at radius 2 is 1.74 bits per heavy atom. The van der Waals surface area contributed by atoms with Crippen molar-refractivity contribution >= 4 is 5.97 Å². The van der Waals surface area contributed by atoms with Crippen molar-refractivity contribution in [1.82, 2.24) is 9.97 Å². The lowest BCUT2D eigenvalue weighted by atomic mass is 10.1. The highest BCUT2D eigenvalue weighted by Gasteiger charge is 2.09. The number of hydrogen-bond acceptors (Lipinski definition) is 4. The highest BCUT2D eigenvalue weighted by Crippen LogP contribution is 2.21. The van der Waals surface area contributed by atoms with Gasteiger partial charge in [-0.3, -0.25) is 0 Å². The van der Waals surface area contributed by atoms with Crippen molar-refractivity contribution in [2.24, 2.45) is 0 Å². The third-order valence-corrected chi connectivity index (χ3v) is 2.60. The summed E-state index contributed by atoms with van der Waals surface area (Å²) in [5, 5.41) is 8.95. The zero-order valence-corrected chi connectivity index (χ0v) is 11.0. The van der Waals surface area contributed by atoms with Crippen molar-refractivity contribution in [3.8, 4) is 11.8 Å². The number of carboxylic acid groups (broad SMARTS) is 1. The zero-order valence-electron chi connectivity index (χ0n) is 11.0. The van der Waals surface area contributed by atoms with E-state index in [-0.39, 0.29) is 11.6 Å². The summed E-state index contributed by atoms with van der Waals surface area (Å²) in [4.78, 5) is 19.2. The van der Waals surface area contributed by atoms with E-state index in [4.69, 9.17) is 9.84 Å². The minimum atomic E-state index is -0.952. The Kier molecular flexibility index (Phi) is 3.46. The fourth-order valence-corrected chi connectivity index (χ4v) is 1.78. The Hall–Kier alpha value is -2.43. The van der Waals surface area contributed by atoms with E-state index in [2.05, 4.69) is 9.97 Å². The van der Waals surface area contributed by atoms with E-state index in [1.165, 1.54) is 6.07 Å². The molecule has 0 saturated carbocycles. The van der Waals surface area contributed by atoms with Crippen LogP contribution in [0, 0.1) is 20.8 Å². The summed E-state index contributed by atoms with van der Waals surface area (Å²) in [6.07, 6.45) is 0. The summed E-state index contributed by atoms with van der Waals surface area (Å²) >= 11 is 0. The Morgan fingerprint density at radius 1 is 1.11 bits per heavy atom. The second-order valence-electron chi connectivity index (χ2n) is 4.32. The molecule has 0 unspecified atom stereocenters. The van der Waals surface area contributed by atoms with Crippen LogP contribution in [0.25, 0.3) is 0 Å². The van der Waals surface area contributed by atoms with Crippen molar-refractivity contribution in [2.75, 3.05) is 0 Å². The molecule has 2 aromatic rings. The summed E-state index contributed by atoms with van der Waals surface area (Å²) in [6, 6.07) is 6.88. The van der Waals surface area contributed by atoms with Crippen LogP contribution in [-0.2, 0) is 0 Å². The van der Waals surface area contributed by atoms with E-state index in [0.717, 1.165) is 11.4 Å². The number of aryl methyl sites for hydroxylation is 3. The summed E-state index contributed by atoms with van der Waals surface area (Å²) < 4.78 is 5.54. The minimum absolute atomic E-state index is 0.258. The average Bonchev–Trinajstić information content (AvgIpc) is 2.26. The van der Waals surface area contributed by atoms with Crippen LogP contribution in [0.15, 0.2) is 24.3 Å². The largest absolute Gasteiger partial charge is 0.478 e. The second kappa shape index (κ2) is 5.06. The molecular weight excluding hydrogens is 244 g/mol. The lowest BCUT2D eigenvalue weighted by Gasteiger charge is -2.07. The predicted molar refractivity (Wildman–Crippen MR) is 69.7 cm³/mol. The van der Waals surface area contributed by atoms with Gasteiger partial charge in [0.1, 0.15) is 5.75 Å². The molecular formula is C14H14N2O3. The molecule has 98 valence electrons. The highest BCUT2D eigenvalue weighted by atomic mass is 16.5. The Morgan fingerprint density at radius 3 is 2.26 bits per heavy atom. The Labute approximate surface area is 110 Å². The quantitative estimate of drug-likeness (QED) is 0.916. The van der Waals surface area contributed by atoms with Gasteiger partial charge in [-0.15, -0.1) is 0 Å². The number of carboxylic acids is 1. The van der Waals surface area contributed by atoms with Gasteiger partial charge in [-0.05, 0) is 50.6 Å². The monoisotopic (exact) mass is 258 g/mol. The van der Waals surface area contributed by atoms with Gasteiger partial charge < -0.3 is 9.84 Å². The van der Waals surface area contributed by atoms with Gasteiger partial charge in [0.05, 0.1) is 5.56 Å². The van der Waals surface area contributed by atoms with Crippen LogP contribution in [0.4, 0.5) is 0 Å². The molecule has 0 fully saturated rings. The molecule has 5 heteroatoms. The van der Waals surface area contributed by atoms with Crippen LogP contribution >= 0.6 is 0 Å². The first-order chi connectivity index (χ1) is 8.95. The summed E-state index contributed by atoms with van der Waals surface area (Å²) in [5.41, 5.74) is 2.53. The van der Waals surface area contributed by atoms with E-state index >= 15 is 0 Å². The topological polar surface area (TPSA) is 72.3 Å². The van der Waals surface area contributed by atoms with Gasteiger partial charge >= 0.3 is 12.0 Å². The van der Waals surface area contributed by atoms with Gasteiger partial charge in [-0.2, -0.15) is 0 Å². The van der Waals surface area contributed by atoms with Crippen LogP contribution in [0.5, 0.6) is 11.8 Å². The Bertz CT molecular complexity index is 618. The lowest BCUT2D eigenvalue weighted by molar-refractivity contribution is 0.0696. The van der Waals surface area contributed by atoms with E-state index in [9.17, 15) is 4.79 Å². The first-order valence-electron chi connectivity index (χ1n) is 5.80. The van der Waals surface area contributed by atoms with E-state index in [1.54, 1.807) is 19.1 Å². The number of benzene rings is 1. The van der Waals surface area contributed by atoms with Crippen LogP contribution < -0.4 is 4.74 Å². The van der Waals surface area contributed by atoms with Crippen molar-refractivity contribution in [2.45, 2.75) is 20.8 Å². The molecule has 0 spiro atoms. The van der Waals surface area contributed by atoms with Crippen molar-refractivity contribution in [3.05, 3.63) is 46.8 Å². The molecule has 0 saturated heterocycles. The molecule has 0 radical (unpaired) electrons. The van der Waals surface area contributed by atoms with Gasteiger partial charge in [0.2, 0.25) is 0 Å². The minimum Gasteiger partial charge on any atom is -0.478 e. The summed E-state index contributed by atoms with van der Waals surface area (Å²) in [5.74, 6) is -0.431. The first-order valence-corrected chi connectivity index (χ1v) is 5.80. The molecule has 0 aliphatic heterocycles. The summed E-state index contributed by atoms with van der Waals surface area (Å²) in [7, 11) is 0. The number of rotatable bonds is 3. The molecule has 1 aromatic carbocycles. The number of hydrogen-bond donors (Lipinski definition) is 1. The fraction of sp³-hybridized carbons (Fsp3) is 0.214. The van der Waals surface area contributed by atoms with E-state index in [1.807, 2.05) is 19.9 Å². The van der Waals surface area contributed by atoms with Gasteiger partial charge in [0, 0.05) is 11.4 Å². The van der Waals surface area contributed by atoms with Gasteiger partial charge in [0.25, 0.3) is 0 Å². The standard InChI is InChI=1S/C14H14N2O3/c1-8-6-11(4-5-12(8)13(17)18)19-14-15-9(2)7-10(3)16-14/h4-7H,1-3H3,(H,17,18). The third-order valence-electron chi connectivity index (χ3n) is 2.60. The molecule has 1 aromatic heterocycles. The number of carbonyl (C=O) groups is 1. The molecule has 0 amide bonds. The normalized spacial score (nSPS) is 10.3. The maximum absolute atomic E-state index is 10.9. The lowest BCUT2D eigenvalue weighted by Crippen LogP contribution is -2.00. The van der Waals surface area contributed by atoms with Gasteiger partial charge in [-0.25, -0.2) is 14.8 Å². The molecule has 0 atom stereocenters. The molecule has 1 N–H and O–H groups in total. The number of aromatic nitrogens is 2. The molecule has 1 heterocycles. The van der Waals surface area contributed by atoms with Crippen LogP contribution in [-0.4, -0.2) is 21.0 Å². The number of aromatic carboxylic acids is 1. The molecule has 19 heavy (non-hydrogen) atoms. The fourth-order valence-electron chi connectivity index (χ4n) is 1.78. The maximum Gasteiger partial charge on any atom is 0.335 e. The third kappa shape index (κ3) is 3.07. The Balaban J connectivity index is 2.28. The van der Waals surface area contributed by atoms with Crippen molar-refractivity contribution in [3.63, 3.8) is 0 Å². The number of ether oxygens (including phenoxy) is 1. The molecule has 5 nitrogen and oxygen atoms in total. The molecule has 0 aliphatic rings. The number of nitrogens with zero attached hydrogens (tertiary/aromatic N) is 2. The van der Waals surface area contributed by atoms with Crippen molar-refractivity contribution in [1.29, 1.82) is 0 Å². The van der Waals surface area contributed by atoms with Crippen molar-refractivity contribution < 1.29 is 14.6 Å². The SMILES string of the molecule is Cc1cc(C)nc(Oc2ccc(C(=O)O)c(C)c2)n1. The van der Waals surface area contributed by atoms with Crippen LogP contribution in [0.1, 0.15) is 27.3 Å².